The number of allylic oxidation sites excluding steroid dienone is 5. The van der Waals surface area contributed by atoms with Crippen molar-refractivity contribution in [2.24, 2.45) is 22.8 Å². The van der Waals surface area contributed by atoms with Crippen LogP contribution in [0, 0.1) is 11.3 Å². The summed E-state index contributed by atoms with van der Waals surface area (Å²) < 4.78 is 20.2. The van der Waals surface area contributed by atoms with Gasteiger partial charge in [0.05, 0.1) is 17.8 Å². The second-order valence-corrected chi connectivity index (χ2v) is 11.8. The van der Waals surface area contributed by atoms with Crippen molar-refractivity contribution >= 4 is 17.5 Å². The Morgan fingerprint density at radius 2 is 2.00 bits per heavy atom. The first-order valence-electron chi connectivity index (χ1n) is 12.6. The van der Waals surface area contributed by atoms with E-state index in [9.17, 15) is 4.39 Å². The van der Waals surface area contributed by atoms with Gasteiger partial charge in [-0.05, 0) is 32.0 Å². The average molecular weight is 531 g/mol. The monoisotopic (exact) mass is 530 g/mol. The first kappa shape index (κ1) is 25.9. The standard InChI is InChI=1S/C26H36ClFN8O/c1-25(2)13-36(20-9-17(27)18(28)8-16(20)25)24-32-14-31-23(33-24)26(30)11-19(29)21(10-22(26)37-5)35-7-6-15(12-35)34(3)4/h9-10,14-16H,6-8,11-13,29-30H2,1-5H3. The predicted molar refractivity (Wildman–Crippen MR) is 142 cm³/mol. The third-order valence-electron chi connectivity index (χ3n) is 8.25. The Bertz CT molecular complexity index is 1220. The Labute approximate surface area is 222 Å². The molecular formula is C26H36ClFN8O. The first-order valence-corrected chi connectivity index (χ1v) is 13.0. The Balaban J connectivity index is 1.47. The van der Waals surface area contributed by atoms with Gasteiger partial charge in [0.25, 0.3) is 0 Å². The molecule has 11 heteroatoms. The van der Waals surface area contributed by atoms with Gasteiger partial charge in [0, 0.05) is 61.9 Å². The Kier molecular flexibility index (Phi) is 6.49. The third-order valence-corrected chi connectivity index (χ3v) is 8.57. The molecule has 200 valence electrons. The van der Waals surface area contributed by atoms with E-state index in [1.54, 1.807) is 13.2 Å². The van der Waals surface area contributed by atoms with Gasteiger partial charge in [-0.2, -0.15) is 4.98 Å². The van der Waals surface area contributed by atoms with Crippen LogP contribution in [0.4, 0.5) is 10.3 Å². The van der Waals surface area contributed by atoms with Crippen LogP contribution in [0.3, 0.4) is 0 Å². The average Bonchev–Trinajstić information content (AvgIpc) is 3.43. The number of rotatable bonds is 5. The minimum absolute atomic E-state index is 0.0289. The quantitative estimate of drug-likeness (QED) is 0.593. The number of anilines is 1. The van der Waals surface area contributed by atoms with E-state index >= 15 is 0 Å². The van der Waals surface area contributed by atoms with E-state index in [-0.39, 0.29) is 28.6 Å². The molecule has 2 aliphatic heterocycles. The fraction of sp³-hybridized carbons (Fsp3) is 0.577. The number of fused-ring (bicyclic) bond motifs is 1. The van der Waals surface area contributed by atoms with Crippen LogP contribution in [-0.2, 0) is 10.3 Å². The molecule has 4 aliphatic rings. The highest BCUT2D eigenvalue weighted by Gasteiger charge is 2.47. The Hall–Kier alpha value is -2.69. The molecule has 3 unspecified atom stereocenters. The van der Waals surface area contributed by atoms with Crippen molar-refractivity contribution in [3.8, 4) is 0 Å². The molecule has 0 saturated carbocycles. The zero-order chi connectivity index (χ0) is 26.7. The molecule has 9 nitrogen and oxygen atoms in total. The highest BCUT2D eigenvalue weighted by Crippen LogP contribution is 2.50. The molecule has 1 aromatic heterocycles. The van der Waals surface area contributed by atoms with Crippen LogP contribution in [0.1, 0.15) is 38.9 Å². The first-order chi connectivity index (χ1) is 17.4. The molecule has 37 heavy (non-hydrogen) atoms. The molecular weight excluding hydrogens is 495 g/mol. The molecule has 5 rings (SSSR count). The van der Waals surface area contributed by atoms with Gasteiger partial charge in [-0.3, -0.25) is 0 Å². The van der Waals surface area contributed by atoms with Crippen LogP contribution < -0.4 is 16.4 Å². The van der Waals surface area contributed by atoms with E-state index in [0.29, 0.717) is 42.2 Å². The number of nitrogens with zero attached hydrogens (tertiary/aromatic N) is 6. The molecule has 0 amide bonds. The Morgan fingerprint density at radius 3 is 2.68 bits per heavy atom. The summed E-state index contributed by atoms with van der Waals surface area (Å²) in [6.45, 7) is 6.65. The van der Waals surface area contributed by atoms with E-state index in [1.807, 2.05) is 11.0 Å². The zero-order valence-electron chi connectivity index (χ0n) is 22.1. The van der Waals surface area contributed by atoms with Crippen molar-refractivity contribution in [2.45, 2.75) is 44.7 Å². The smallest absolute Gasteiger partial charge is 0.232 e. The zero-order valence-corrected chi connectivity index (χ0v) is 22.9. The maximum absolute atomic E-state index is 14.4. The van der Waals surface area contributed by atoms with E-state index in [4.69, 9.17) is 32.8 Å². The van der Waals surface area contributed by atoms with Gasteiger partial charge in [0.15, 0.2) is 5.82 Å². The maximum Gasteiger partial charge on any atom is 0.232 e. The molecule has 3 heterocycles. The van der Waals surface area contributed by atoms with Gasteiger partial charge in [-0.25, -0.2) is 14.4 Å². The normalized spacial score (nSPS) is 29.6. The number of ether oxygens (including phenoxy) is 1. The number of hydrogen-bond donors (Lipinski definition) is 2. The van der Waals surface area contributed by atoms with Crippen molar-refractivity contribution in [2.75, 3.05) is 45.7 Å². The molecule has 0 bridgehead atoms. The number of aromatic nitrogens is 3. The summed E-state index contributed by atoms with van der Waals surface area (Å²) in [7, 11) is 5.80. The second kappa shape index (κ2) is 9.25. The van der Waals surface area contributed by atoms with E-state index < -0.39 is 5.54 Å². The van der Waals surface area contributed by atoms with Gasteiger partial charge in [0.1, 0.15) is 23.5 Å². The molecule has 0 radical (unpaired) electrons. The van der Waals surface area contributed by atoms with Crippen LogP contribution in [0.5, 0.6) is 0 Å². The van der Waals surface area contributed by atoms with Crippen molar-refractivity contribution in [3.63, 3.8) is 0 Å². The highest BCUT2D eigenvalue weighted by molar-refractivity contribution is 6.31. The largest absolute Gasteiger partial charge is 0.499 e. The van der Waals surface area contributed by atoms with Crippen molar-refractivity contribution in [1.29, 1.82) is 0 Å². The number of methoxy groups -OCH3 is 1. The lowest BCUT2D eigenvalue weighted by atomic mass is 9.77. The molecule has 1 aromatic rings. The topological polar surface area (TPSA) is 110 Å². The summed E-state index contributed by atoms with van der Waals surface area (Å²) in [5.74, 6) is 1.05. The predicted octanol–water partition coefficient (Wildman–Crippen LogP) is 2.94. The van der Waals surface area contributed by atoms with Crippen LogP contribution in [0.2, 0.25) is 0 Å². The number of likely N-dealkylation sites (N-methyl/N-ethyl adjacent to an activating group) is 1. The molecule has 4 N–H and O–H groups in total. The van der Waals surface area contributed by atoms with Crippen LogP contribution >= 0.6 is 11.6 Å². The van der Waals surface area contributed by atoms with Crippen molar-refractivity contribution < 1.29 is 9.13 Å². The molecule has 0 aromatic carbocycles. The summed E-state index contributed by atoms with van der Waals surface area (Å²) in [5.41, 5.74) is 14.7. The SMILES string of the molecule is COC1=CC(N2CCC(N(C)C)C2)=C(N)CC1(N)c1ncnc(N2CC(C)(C)C3CC(F)=C(Cl)C=C32)n1. The number of likely N-dealkylation sites (tertiary alicyclic amines) is 1. The molecule has 3 atom stereocenters. The fourth-order valence-electron chi connectivity index (χ4n) is 5.99. The summed E-state index contributed by atoms with van der Waals surface area (Å²) in [6.07, 6.45) is 6.71. The second-order valence-electron chi connectivity index (χ2n) is 11.4. The molecule has 0 spiro atoms. The number of nitrogens with two attached hydrogens (primary N) is 2. The lowest BCUT2D eigenvalue weighted by molar-refractivity contribution is 0.205. The van der Waals surface area contributed by atoms with Gasteiger partial charge in [0.2, 0.25) is 5.95 Å². The van der Waals surface area contributed by atoms with Crippen molar-refractivity contribution in [1.82, 2.24) is 24.8 Å². The summed E-state index contributed by atoms with van der Waals surface area (Å²) in [6, 6.07) is 0.467. The van der Waals surface area contributed by atoms with Gasteiger partial charge >= 0.3 is 0 Å². The van der Waals surface area contributed by atoms with Gasteiger partial charge in [-0.15, -0.1) is 0 Å². The molecule has 2 saturated heterocycles. The maximum atomic E-state index is 14.4. The minimum Gasteiger partial charge on any atom is -0.499 e. The molecule has 2 fully saturated rings. The Morgan fingerprint density at radius 1 is 1.24 bits per heavy atom. The summed E-state index contributed by atoms with van der Waals surface area (Å²) in [4.78, 5) is 20.2. The van der Waals surface area contributed by atoms with Crippen LogP contribution in [0.15, 0.2) is 52.2 Å². The van der Waals surface area contributed by atoms with Gasteiger partial charge < -0.3 is 30.9 Å². The summed E-state index contributed by atoms with van der Waals surface area (Å²) in [5, 5.41) is 0.124. The van der Waals surface area contributed by atoms with Crippen LogP contribution in [-0.4, -0.2) is 71.6 Å². The third kappa shape index (κ3) is 4.38. The van der Waals surface area contributed by atoms with E-state index in [0.717, 1.165) is 30.9 Å². The lowest BCUT2D eigenvalue weighted by Gasteiger charge is -2.36. The van der Waals surface area contributed by atoms with Crippen molar-refractivity contribution in [3.05, 3.63) is 58.0 Å². The molecule has 2 aliphatic carbocycles. The lowest BCUT2D eigenvalue weighted by Crippen LogP contribution is -2.46. The number of hydrogen-bond acceptors (Lipinski definition) is 9. The van der Waals surface area contributed by atoms with E-state index in [1.165, 1.54) is 6.33 Å². The number of halogens is 2. The van der Waals surface area contributed by atoms with Gasteiger partial charge in [-0.1, -0.05) is 25.4 Å². The van der Waals surface area contributed by atoms with E-state index in [2.05, 4.69) is 47.7 Å². The van der Waals surface area contributed by atoms with Crippen LogP contribution in [0.25, 0.3) is 0 Å². The highest BCUT2D eigenvalue weighted by atomic mass is 35.5. The fourth-order valence-corrected chi connectivity index (χ4v) is 6.18. The minimum atomic E-state index is -1.15. The summed E-state index contributed by atoms with van der Waals surface area (Å²) >= 11 is 6.18.